The number of piperazine rings is 1. The van der Waals surface area contributed by atoms with Gasteiger partial charge in [-0.05, 0) is 42.5 Å². The zero-order valence-electron chi connectivity index (χ0n) is 22.3. The van der Waals surface area contributed by atoms with Crippen molar-refractivity contribution in [3.63, 3.8) is 0 Å². The van der Waals surface area contributed by atoms with E-state index >= 15 is 0 Å². The quantitative estimate of drug-likeness (QED) is 0.208. The lowest BCUT2D eigenvalue weighted by Crippen LogP contribution is -2.48. The van der Waals surface area contributed by atoms with Crippen molar-refractivity contribution in [2.75, 3.05) is 36.4 Å². The third-order valence-electron chi connectivity index (χ3n) is 7.28. The van der Waals surface area contributed by atoms with Gasteiger partial charge in [-0.15, -0.1) is 11.3 Å². The number of pyridine rings is 1. The van der Waals surface area contributed by atoms with Gasteiger partial charge in [-0.2, -0.15) is 5.10 Å². The number of aromatic amines is 1. The fourth-order valence-electron chi connectivity index (χ4n) is 5.10. The molecule has 0 atom stereocenters. The lowest BCUT2D eigenvalue weighted by molar-refractivity contribution is -0.385. The summed E-state index contributed by atoms with van der Waals surface area (Å²) in [6.07, 6.45) is 3.27. The van der Waals surface area contributed by atoms with Crippen LogP contribution in [0.4, 0.5) is 17.2 Å². The first-order valence-electron chi connectivity index (χ1n) is 13.2. The van der Waals surface area contributed by atoms with Crippen LogP contribution in [0.25, 0.3) is 32.7 Å². The summed E-state index contributed by atoms with van der Waals surface area (Å²) in [4.78, 5) is 49.8. The van der Waals surface area contributed by atoms with Crippen molar-refractivity contribution in [2.24, 2.45) is 0 Å². The van der Waals surface area contributed by atoms with Crippen LogP contribution in [-0.4, -0.2) is 73.1 Å². The summed E-state index contributed by atoms with van der Waals surface area (Å²) in [5.41, 5.74) is 2.27. The normalized spacial score (nSPS) is 13.5. The second kappa shape index (κ2) is 10.6. The number of anilines is 2. The molecule has 214 valence electrons. The average Bonchev–Trinajstić information content (AvgIpc) is 3.80. The molecule has 2 amide bonds. The molecule has 0 spiro atoms. The van der Waals surface area contributed by atoms with E-state index in [1.807, 2.05) is 16.3 Å². The van der Waals surface area contributed by atoms with Crippen LogP contribution in [0.15, 0.2) is 70.8 Å². The van der Waals surface area contributed by atoms with E-state index in [4.69, 9.17) is 4.52 Å². The maximum Gasteiger partial charge on any atom is 0.282 e. The van der Waals surface area contributed by atoms with Gasteiger partial charge in [0.15, 0.2) is 11.2 Å². The van der Waals surface area contributed by atoms with E-state index in [1.165, 1.54) is 23.5 Å². The molecule has 1 saturated heterocycles. The molecule has 0 bridgehead atoms. The topological polar surface area (TPSA) is 176 Å². The highest BCUT2D eigenvalue weighted by molar-refractivity contribution is 7.13. The van der Waals surface area contributed by atoms with E-state index in [9.17, 15) is 19.7 Å². The minimum absolute atomic E-state index is 0.0925. The van der Waals surface area contributed by atoms with E-state index in [0.29, 0.717) is 65.6 Å². The number of benzene rings is 2. The molecule has 0 unspecified atom stereocenters. The lowest BCUT2D eigenvalue weighted by atomic mass is 10.1. The minimum atomic E-state index is -0.655. The van der Waals surface area contributed by atoms with Crippen LogP contribution in [0.2, 0.25) is 0 Å². The van der Waals surface area contributed by atoms with Gasteiger partial charge in [0.25, 0.3) is 17.5 Å². The van der Waals surface area contributed by atoms with E-state index in [0.717, 1.165) is 10.4 Å². The van der Waals surface area contributed by atoms with Crippen molar-refractivity contribution >= 4 is 62.3 Å². The largest absolute Gasteiger partial charge is 0.368 e. The molecule has 2 aromatic carbocycles. The first-order valence-corrected chi connectivity index (χ1v) is 14.1. The van der Waals surface area contributed by atoms with Crippen LogP contribution in [0.5, 0.6) is 0 Å². The van der Waals surface area contributed by atoms with E-state index in [2.05, 4.69) is 30.6 Å². The molecule has 2 N–H and O–H groups in total. The van der Waals surface area contributed by atoms with Gasteiger partial charge in [0.05, 0.1) is 15.7 Å². The van der Waals surface area contributed by atoms with Gasteiger partial charge < -0.3 is 19.6 Å². The molecule has 5 heterocycles. The number of thiazole rings is 1. The average molecular weight is 596 g/mol. The van der Waals surface area contributed by atoms with Crippen LogP contribution in [-0.2, 0) is 0 Å². The Morgan fingerprint density at radius 2 is 1.88 bits per heavy atom. The summed E-state index contributed by atoms with van der Waals surface area (Å²) in [6, 6.07) is 13.1. The number of hydrogen-bond donors (Lipinski definition) is 2. The van der Waals surface area contributed by atoms with E-state index < -0.39 is 10.8 Å². The molecule has 14 nitrogen and oxygen atoms in total. The third-order valence-corrected chi connectivity index (χ3v) is 8.06. The van der Waals surface area contributed by atoms with Crippen molar-refractivity contribution in [2.45, 2.75) is 0 Å². The van der Waals surface area contributed by atoms with Gasteiger partial charge in [0, 0.05) is 61.3 Å². The van der Waals surface area contributed by atoms with Gasteiger partial charge in [0.2, 0.25) is 0 Å². The Hall–Kier alpha value is -5.70. The van der Waals surface area contributed by atoms with Gasteiger partial charge >= 0.3 is 0 Å². The smallest absolute Gasteiger partial charge is 0.282 e. The molecule has 1 aliphatic heterocycles. The predicted molar refractivity (Wildman–Crippen MR) is 158 cm³/mol. The highest BCUT2D eigenvalue weighted by Gasteiger charge is 2.27. The van der Waals surface area contributed by atoms with E-state index in [1.54, 1.807) is 47.6 Å². The molecule has 6 aromatic rings. The number of rotatable bonds is 6. The number of nitrogens with zero attached hydrogens (tertiary/aromatic N) is 7. The maximum atomic E-state index is 13.3. The number of fused-ring (bicyclic) bond motifs is 2. The van der Waals surface area contributed by atoms with Crippen LogP contribution in [0, 0.1) is 10.1 Å². The fourth-order valence-corrected chi connectivity index (χ4v) is 5.73. The Bertz CT molecular complexity index is 2010. The molecule has 7 rings (SSSR count). The number of amides is 2. The number of aromatic nitrogens is 5. The molecular formula is C28H21N9O5S. The Labute approximate surface area is 246 Å². The molecule has 0 radical (unpaired) electrons. The molecule has 15 heteroatoms. The number of H-pyrrole nitrogens is 1. The first kappa shape index (κ1) is 26.2. The SMILES string of the molecule is O=C(Nc1[nH]nc2ncccc12)c1cc(N2CCN(C(=O)c3ccc4c(-c5nccs5)noc4c3)CC2)ccc1[N+](=O)[O-]. The summed E-state index contributed by atoms with van der Waals surface area (Å²) in [6.45, 7) is 1.78. The Morgan fingerprint density at radius 3 is 2.67 bits per heavy atom. The highest BCUT2D eigenvalue weighted by atomic mass is 32.1. The highest BCUT2D eigenvalue weighted by Crippen LogP contribution is 2.31. The molecule has 4 aromatic heterocycles. The molecule has 0 aliphatic carbocycles. The maximum absolute atomic E-state index is 13.3. The van der Waals surface area contributed by atoms with Crippen molar-refractivity contribution in [1.29, 1.82) is 0 Å². The summed E-state index contributed by atoms with van der Waals surface area (Å²) in [5, 5.41) is 29.3. The summed E-state index contributed by atoms with van der Waals surface area (Å²) >= 11 is 1.46. The molecule has 0 saturated carbocycles. The molecule has 43 heavy (non-hydrogen) atoms. The van der Waals surface area contributed by atoms with Crippen LogP contribution in [0.3, 0.4) is 0 Å². The number of carbonyl (C=O) groups excluding carboxylic acids is 2. The van der Waals surface area contributed by atoms with Gasteiger partial charge in [-0.1, -0.05) is 5.16 Å². The number of nitro benzene ring substituents is 1. The summed E-state index contributed by atoms with van der Waals surface area (Å²) < 4.78 is 5.49. The summed E-state index contributed by atoms with van der Waals surface area (Å²) in [7, 11) is 0. The van der Waals surface area contributed by atoms with Crippen LogP contribution in [0.1, 0.15) is 20.7 Å². The number of nitrogens with one attached hydrogen (secondary N) is 2. The molecule has 1 fully saturated rings. The second-order valence-electron chi connectivity index (χ2n) is 9.74. The molecule has 1 aliphatic rings. The number of nitro groups is 1. The zero-order valence-corrected chi connectivity index (χ0v) is 23.1. The Balaban J connectivity index is 1.06. The van der Waals surface area contributed by atoms with Gasteiger partial charge in [0.1, 0.15) is 22.1 Å². The number of hydrogen-bond acceptors (Lipinski definition) is 11. The second-order valence-corrected chi connectivity index (χ2v) is 10.6. The zero-order chi connectivity index (χ0) is 29.5. The first-order chi connectivity index (χ1) is 21.0. The molecular weight excluding hydrogens is 574 g/mol. The third kappa shape index (κ3) is 4.80. The monoisotopic (exact) mass is 595 g/mol. The fraction of sp³-hybridized carbons (Fsp3) is 0.143. The number of carbonyl (C=O) groups is 2. The van der Waals surface area contributed by atoms with E-state index in [-0.39, 0.29) is 17.2 Å². The standard InChI is InChI=1S/C28H21N9O5S/c38-26(31-25-19-2-1-7-29-24(19)32-33-25)20-15-17(4-6-21(20)37(40)41)35-9-11-36(12-10-35)28(39)16-3-5-18-22(14-16)42-34-23(18)27-30-8-13-43-27/h1-8,13-15H,9-12H2,(H2,29,31,32,33,38). The van der Waals surface area contributed by atoms with Gasteiger partial charge in [-0.25, -0.2) is 9.97 Å². The van der Waals surface area contributed by atoms with Crippen LogP contribution < -0.4 is 10.2 Å². The Morgan fingerprint density at radius 1 is 1.02 bits per heavy atom. The van der Waals surface area contributed by atoms with Crippen LogP contribution >= 0.6 is 11.3 Å². The van der Waals surface area contributed by atoms with Crippen molar-refractivity contribution in [1.82, 2.24) is 30.2 Å². The van der Waals surface area contributed by atoms with Gasteiger partial charge in [-0.3, -0.25) is 24.8 Å². The lowest BCUT2D eigenvalue weighted by Gasteiger charge is -2.36. The predicted octanol–water partition coefficient (Wildman–Crippen LogP) is 4.35. The van der Waals surface area contributed by atoms with Crippen molar-refractivity contribution < 1.29 is 19.0 Å². The van der Waals surface area contributed by atoms with Crippen molar-refractivity contribution in [3.8, 4) is 10.7 Å². The Kier molecular flexibility index (Phi) is 6.47. The minimum Gasteiger partial charge on any atom is -0.368 e. The van der Waals surface area contributed by atoms with Crippen molar-refractivity contribution in [3.05, 3.63) is 87.5 Å². The summed E-state index contributed by atoms with van der Waals surface area (Å²) in [5.74, 6) is -0.501.